The summed E-state index contributed by atoms with van der Waals surface area (Å²) < 4.78 is 9.53. The average molecular weight is 585 g/mol. The van der Waals surface area contributed by atoms with Crippen LogP contribution in [0.2, 0.25) is 0 Å². The van der Waals surface area contributed by atoms with E-state index in [2.05, 4.69) is 25.7 Å². The molecule has 0 aliphatic carbocycles. The number of hydrogen-bond donors (Lipinski definition) is 2. The van der Waals surface area contributed by atoms with Gasteiger partial charge in [-0.1, -0.05) is 38.1 Å². The minimum Gasteiger partial charge on any atom is -0.494 e. The molecule has 2 aromatic heterocycles. The Morgan fingerprint density at radius 1 is 1.12 bits per heavy atom. The third-order valence-corrected chi connectivity index (χ3v) is 7.08. The Hall–Kier alpha value is -5.00. The highest BCUT2D eigenvalue weighted by Gasteiger charge is 2.26. The molecule has 3 amide bonds. The van der Waals surface area contributed by atoms with Crippen molar-refractivity contribution in [3.63, 3.8) is 0 Å². The maximum Gasteiger partial charge on any atom is 0.256 e. The number of aromatic nitrogens is 5. The number of para-hydroxylation sites is 1. The molecule has 0 radical (unpaired) electrons. The lowest BCUT2D eigenvalue weighted by Gasteiger charge is -2.26. The van der Waals surface area contributed by atoms with E-state index in [4.69, 9.17) is 4.74 Å². The van der Waals surface area contributed by atoms with Gasteiger partial charge in [0, 0.05) is 37.6 Å². The lowest BCUT2D eigenvalue weighted by atomic mass is 10.0. The van der Waals surface area contributed by atoms with Gasteiger partial charge in [0.25, 0.3) is 5.91 Å². The molecule has 12 heteroatoms. The first kappa shape index (κ1) is 29.5. The molecule has 1 aliphatic rings. The molecular formula is C31H36N8O4. The zero-order valence-electron chi connectivity index (χ0n) is 24.3. The number of amides is 3. The van der Waals surface area contributed by atoms with Crippen molar-refractivity contribution in [2.24, 2.45) is 5.92 Å². The molecular weight excluding hydrogens is 548 g/mol. The molecule has 224 valence electrons. The lowest BCUT2D eigenvalue weighted by molar-refractivity contribution is -0.129. The number of rotatable bonds is 4. The van der Waals surface area contributed by atoms with Crippen LogP contribution in [0, 0.1) is 5.92 Å². The number of hydrogen-bond acceptors (Lipinski definition) is 7. The third-order valence-electron chi connectivity index (χ3n) is 7.08. The van der Waals surface area contributed by atoms with E-state index in [1.807, 2.05) is 54.9 Å². The summed E-state index contributed by atoms with van der Waals surface area (Å²) in [5.41, 5.74) is 1.82. The van der Waals surface area contributed by atoms with E-state index in [9.17, 15) is 14.4 Å². The van der Waals surface area contributed by atoms with E-state index in [0.717, 1.165) is 11.4 Å². The van der Waals surface area contributed by atoms with Crippen molar-refractivity contribution in [3.8, 4) is 22.8 Å². The van der Waals surface area contributed by atoms with Crippen LogP contribution in [-0.2, 0) is 16.1 Å². The number of nitrogens with one attached hydrogen (secondary N) is 2. The number of carbonyl (C=O) groups excluding carboxylic acids is 3. The minimum atomic E-state index is -0.743. The van der Waals surface area contributed by atoms with Crippen molar-refractivity contribution >= 4 is 17.7 Å². The highest BCUT2D eigenvalue weighted by atomic mass is 16.5. The SMILES string of the molecule is CC(C)C[C@H]1NC(=O)CN(C(=O)c2ccccc2-n2cncn2)CCCOc2cccc(c2)-c2nccn2CCNC1=O. The van der Waals surface area contributed by atoms with E-state index in [1.54, 1.807) is 24.4 Å². The van der Waals surface area contributed by atoms with Crippen molar-refractivity contribution in [1.82, 2.24) is 39.8 Å². The monoisotopic (exact) mass is 584 g/mol. The summed E-state index contributed by atoms with van der Waals surface area (Å²) in [5.74, 6) is 0.565. The topological polar surface area (TPSA) is 136 Å². The first-order chi connectivity index (χ1) is 20.9. The van der Waals surface area contributed by atoms with Gasteiger partial charge in [0.1, 0.15) is 30.3 Å². The van der Waals surface area contributed by atoms with Crippen LogP contribution in [0.4, 0.5) is 0 Å². The van der Waals surface area contributed by atoms with E-state index >= 15 is 0 Å². The zero-order chi connectivity index (χ0) is 30.2. The van der Waals surface area contributed by atoms with Crippen LogP contribution in [0.3, 0.4) is 0 Å². The molecule has 0 saturated carbocycles. The molecule has 43 heavy (non-hydrogen) atoms. The number of ether oxygens (including phenoxy) is 1. The van der Waals surface area contributed by atoms with Crippen molar-refractivity contribution in [1.29, 1.82) is 0 Å². The summed E-state index contributed by atoms with van der Waals surface area (Å²) in [5, 5.41) is 10.0. The van der Waals surface area contributed by atoms with Crippen molar-refractivity contribution < 1.29 is 19.1 Å². The Balaban J connectivity index is 1.42. The first-order valence-corrected chi connectivity index (χ1v) is 14.4. The lowest BCUT2D eigenvalue weighted by Crippen LogP contribution is -2.51. The van der Waals surface area contributed by atoms with Crippen LogP contribution in [0.5, 0.6) is 5.75 Å². The smallest absolute Gasteiger partial charge is 0.256 e. The minimum absolute atomic E-state index is 0.158. The largest absolute Gasteiger partial charge is 0.494 e. The first-order valence-electron chi connectivity index (χ1n) is 14.4. The molecule has 2 N–H and O–H groups in total. The maximum absolute atomic E-state index is 13.9. The molecule has 0 fully saturated rings. The van der Waals surface area contributed by atoms with Gasteiger partial charge in [0.2, 0.25) is 11.8 Å². The van der Waals surface area contributed by atoms with Gasteiger partial charge in [-0.25, -0.2) is 14.6 Å². The number of fused-ring (bicyclic) bond motifs is 4. The molecule has 5 rings (SSSR count). The van der Waals surface area contributed by atoms with Crippen LogP contribution in [0.25, 0.3) is 17.1 Å². The summed E-state index contributed by atoms with van der Waals surface area (Å²) in [6.07, 6.45) is 7.43. The van der Waals surface area contributed by atoms with Crippen LogP contribution in [-0.4, -0.2) is 79.2 Å². The molecule has 0 saturated heterocycles. The molecule has 3 heterocycles. The van der Waals surface area contributed by atoms with Crippen molar-refractivity contribution in [3.05, 3.63) is 79.1 Å². The van der Waals surface area contributed by atoms with E-state index in [0.29, 0.717) is 49.5 Å². The molecule has 0 unspecified atom stereocenters. The van der Waals surface area contributed by atoms with Crippen LogP contribution in [0.15, 0.2) is 73.6 Å². The standard InChI is InChI=1S/C31H36N8O4/c1-22(2)17-26-30(41)34-12-15-37-14-11-33-29(37)23-7-5-8-24(18-23)43-16-6-13-38(19-28(40)36-26)31(42)25-9-3-4-10-27(25)39-21-32-20-35-39/h3-5,7-11,14,18,20-22,26H,6,12-13,15-17,19H2,1-2H3,(H,34,41)(H,36,40)/t26-/m1/s1. The third kappa shape index (κ3) is 7.45. The number of benzene rings is 2. The Kier molecular flexibility index (Phi) is 9.45. The number of carbonyl (C=O) groups is 3. The summed E-state index contributed by atoms with van der Waals surface area (Å²) >= 11 is 0. The Morgan fingerprint density at radius 3 is 2.79 bits per heavy atom. The van der Waals surface area contributed by atoms with Gasteiger partial charge >= 0.3 is 0 Å². The molecule has 2 aromatic carbocycles. The normalized spacial score (nSPS) is 16.8. The van der Waals surface area contributed by atoms with Crippen molar-refractivity contribution in [2.45, 2.75) is 39.3 Å². The fourth-order valence-corrected chi connectivity index (χ4v) is 5.07. The second-order valence-electron chi connectivity index (χ2n) is 10.8. The zero-order valence-corrected chi connectivity index (χ0v) is 24.3. The second-order valence-corrected chi connectivity index (χ2v) is 10.8. The van der Waals surface area contributed by atoms with Gasteiger partial charge < -0.3 is 24.8 Å². The maximum atomic E-state index is 13.9. The second kappa shape index (κ2) is 13.8. The summed E-state index contributed by atoms with van der Waals surface area (Å²) in [4.78, 5) is 50.5. The summed E-state index contributed by atoms with van der Waals surface area (Å²) in [6.45, 7) is 5.20. The number of imidazole rings is 1. The van der Waals surface area contributed by atoms with Crippen LogP contribution < -0.4 is 15.4 Å². The van der Waals surface area contributed by atoms with E-state index in [1.165, 1.54) is 22.2 Å². The molecule has 12 nitrogen and oxygen atoms in total. The molecule has 4 aromatic rings. The molecule has 1 aliphatic heterocycles. The van der Waals surface area contributed by atoms with Crippen molar-refractivity contribution in [2.75, 3.05) is 26.2 Å². The summed E-state index contributed by atoms with van der Waals surface area (Å²) in [7, 11) is 0. The van der Waals surface area contributed by atoms with Gasteiger partial charge in [-0.15, -0.1) is 0 Å². The van der Waals surface area contributed by atoms with Gasteiger partial charge in [-0.3, -0.25) is 14.4 Å². The van der Waals surface area contributed by atoms with Gasteiger partial charge in [-0.2, -0.15) is 5.10 Å². The number of nitrogens with zero attached hydrogens (tertiary/aromatic N) is 6. The fraction of sp³-hybridized carbons (Fsp3) is 0.355. The van der Waals surface area contributed by atoms with Crippen LogP contribution in [0.1, 0.15) is 37.0 Å². The van der Waals surface area contributed by atoms with E-state index in [-0.39, 0.29) is 30.8 Å². The highest BCUT2D eigenvalue weighted by Crippen LogP contribution is 2.23. The quantitative estimate of drug-likeness (QED) is 0.376. The summed E-state index contributed by atoms with van der Waals surface area (Å²) in [6, 6.07) is 14.0. The van der Waals surface area contributed by atoms with Crippen LogP contribution >= 0.6 is 0 Å². The van der Waals surface area contributed by atoms with Gasteiger partial charge in [0.05, 0.1) is 24.4 Å². The van der Waals surface area contributed by atoms with Gasteiger partial charge in [0.15, 0.2) is 0 Å². The Morgan fingerprint density at radius 2 is 1.98 bits per heavy atom. The highest BCUT2D eigenvalue weighted by molar-refractivity contribution is 6.00. The average Bonchev–Trinajstić information content (AvgIpc) is 3.70. The van der Waals surface area contributed by atoms with Gasteiger partial charge in [-0.05, 0) is 43.0 Å². The molecule has 0 spiro atoms. The Labute approximate surface area is 250 Å². The molecule has 2 bridgehead atoms. The van der Waals surface area contributed by atoms with E-state index < -0.39 is 11.9 Å². The Bertz CT molecular complexity index is 1550. The predicted octanol–water partition coefficient (Wildman–Crippen LogP) is 2.70. The predicted molar refractivity (Wildman–Crippen MR) is 159 cm³/mol. The molecule has 1 atom stereocenters. The fourth-order valence-electron chi connectivity index (χ4n) is 5.07.